The highest BCUT2D eigenvalue weighted by Crippen LogP contribution is 2.26. The maximum atomic E-state index is 12.9. The smallest absolute Gasteiger partial charge is 0.328 e. The highest BCUT2D eigenvalue weighted by atomic mass is 16.5. The molecule has 1 aliphatic heterocycles. The first-order valence-corrected chi connectivity index (χ1v) is 9.70. The Morgan fingerprint density at radius 2 is 2.10 bits per heavy atom. The van der Waals surface area contributed by atoms with Gasteiger partial charge in [-0.05, 0) is 50.5 Å². The molecule has 2 rings (SSSR count). The van der Waals surface area contributed by atoms with Gasteiger partial charge in [-0.25, -0.2) is 4.79 Å². The Hall–Kier alpha value is -3.16. The minimum absolute atomic E-state index is 0.00785. The molecule has 1 fully saturated rings. The fourth-order valence-electron chi connectivity index (χ4n) is 3.32. The van der Waals surface area contributed by atoms with E-state index in [1.54, 1.807) is 42.2 Å². The van der Waals surface area contributed by atoms with Crippen LogP contribution >= 0.6 is 0 Å². The molecular formula is C21H28N4O4. The van der Waals surface area contributed by atoms with E-state index in [0.29, 0.717) is 24.2 Å². The zero-order valence-corrected chi connectivity index (χ0v) is 16.6. The van der Waals surface area contributed by atoms with E-state index >= 15 is 0 Å². The number of amides is 2. The van der Waals surface area contributed by atoms with Crippen molar-refractivity contribution >= 4 is 29.3 Å². The third kappa shape index (κ3) is 5.91. The summed E-state index contributed by atoms with van der Waals surface area (Å²) in [5.74, 6) is -1.49. The fourth-order valence-corrected chi connectivity index (χ4v) is 3.32. The van der Waals surface area contributed by atoms with Crippen molar-refractivity contribution in [2.45, 2.75) is 38.6 Å². The lowest BCUT2D eigenvalue weighted by atomic mass is 9.92. The van der Waals surface area contributed by atoms with E-state index in [2.05, 4.69) is 11.9 Å². The molecule has 156 valence electrons. The molecule has 0 spiro atoms. The number of nitrogens with two attached hydrogens (primary N) is 1. The number of benzene rings is 1. The number of hydrogen-bond donors (Lipinski definition) is 3. The Morgan fingerprint density at radius 3 is 2.69 bits per heavy atom. The van der Waals surface area contributed by atoms with Crippen molar-refractivity contribution in [1.29, 1.82) is 5.41 Å². The summed E-state index contributed by atoms with van der Waals surface area (Å²) in [6.07, 6.45) is 3.19. The Kier molecular flexibility index (Phi) is 7.94. The summed E-state index contributed by atoms with van der Waals surface area (Å²) in [6, 6.07) is 6.09. The van der Waals surface area contributed by atoms with Crippen LogP contribution in [0.25, 0.3) is 0 Å². The molecule has 1 aromatic rings. The molecule has 2 amide bonds. The zero-order chi connectivity index (χ0) is 21.4. The molecule has 29 heavy (non-hydrogen) atoms. The number of piperidine rings is 1. The summed E-state index contributed by atoms with van der Waals surface area (Å²) < 4.78 is 4.97. The summed E-state index contributed by atoms with van der Waals surface area (Å²) in [4.78, 5) is 39.0. The van der Waals surface area contributed by atoms with Gasteiger partial charge in [0.2, 0.25) is 11.8 Å². The maximum absolute atomic E-state index is 12.9. The summed E-state index contributed by atoms with van der Waals surface area (Å²) >= 11 is 0. The lowest BCUT2D eigenvalue weighted by molar-refractivity contribution is -0.147. The summed E-state index contributed by atoms with van der Waals surface area (Å²) in [5.41, 5.74) is 6.76. The standard InChI is InChI=1S/C21H28N4O4/c1-3-6-17(21(28)29-4-2)24-18(26)13-15-7-5-12-25(20(15)27)16-10-8-14(9-11-16)19(22)23/h3,8-11,15,17H,1,4-7,12-13H2,2H3,(H3,22,23)(H,24,26). The number of anilines is 1. The van der Waals surface area contributed by atoms with Crippen LogP contribution in [0.1, 0.15) is 38.2 Å². The Labute approximate surface area is 170 Å². The number of ether oxygens (including phenoxy) is 1. The van der Waals surface area contributed by atoms with E-state index in [1.807, 2.05) is 0 Å². The molecule has 1 heterocycles. The number of esters is 1. The van der Waals surface area contributed by atoms with E-state index in [0.717, 1.165) is 6.42 Å². The van der Waals surface area contributed by atoms with E-state index in [4.69, 9.17) is 15.9 Å². The van der Waals surface area contributed by atoms with Gasteiger partial charge in [-0.3, -0.25) is 15.0 Å². The third-order valence-corrected chi connectivity index (χ3v) is 4.78. The van der Waals surface area contributed by atoms with Crippen molar-refractivity contribution in [3.8, 4) is 0 Å². The Bertz CT molecular complexity index is 775. The van der Waals surface area contributed by atoms with Crippen LogP contribution < -0.4 is 16.0 Å². The van der Waals surface area contributed by atoms with E-state index in [1.165, 1.54) is 0 Å². The number of carbonyl (C=O) groups is 3. The number of carbonyl (C=O) groups excluding carboxylic acids is 3. The number of nitrogens with zero attached hydrogens (tertiary/aromatic N) is 1. The van der Waals surface area contributed by atoms with Crippen molar-refractivity contribution in [2.24, 2.45) is 11.7 Å². The number of nitrogens with one attached hydrogen (secondary N) is 2. The van der Waals surface area contributed by atoms with Gasteiger partial charge in [-0.15, -0.1) is 6.58 Å². The third-order valence-electron chi connectivity index (χ3n) is 4.78. The van der Waals surface area contributed by atoms with Crippen molar-refractivity contribution in [3.63, 3.8) is 0 Å². The number of nitrogen functional groups attached to an aromatic ring is 1. The van der Waals surface area contributed by atoms with Gasteiger partial charge in [-0.1, -0.05) is 6.08 Å². The number of hydrogen-bond acceptors (Lipinski definition) is 5. The largest absolute Gasteiger partial charge is 0.464 e. The normalized spacial score (nSPS) is 17.3. The molecule has 0 aromatic heterocycles. The molecule has 1 aliphatic rings. The molecule has 0 radical (unpaired) electrons. The fraction of sp³-hybridized carbons (Fsp3) is 0.429. The molecule has 1 aromatic carbocycles. The van der Waals surface area contributed by atoms with Crippen LogP contribution in [0, 0.1) is 11.3 Å². The summed E-state index contributed by atoms with van der Waals surface area (Å²) in [7, 11) is 0. The molecule has 0 aliphatic carbocycles. The topological polar surface area (TPSA) is 126 Å². The molecule has 2 atom stereocenters. The molecule has 2 unspecified atom stereocenters. The van der Waals surface area contributed by atoms with Crippen LogP contribution in [0.4, 0.5) is 5.69 Å². The second-order valence-corrected chi connectivity index (χ2v) is 6.89. The van der Waals surface area contributed by atoms with Crippen molar-refractivity contribution in [1.82, 2.24) is 5.32 Å². The second-order valence-electron chi connectivity index (χ2n) is 6.89. The van der Waals surface area contributed by atoms with Gasteiger partial charge < -0.3 is 20.7 Å². The highest BCUT2D eigenvalue weighted by Gasteiger charge is 2.32. The molecule has 0 saturated carbocycles. The van der Waals surface area contributed by atoms with Crippen LogP contribution in [0.2, 0.25) is 0 Å². The first-order chi connectivity index (χ1) is 13.9. The van der Waals surface area contributed by atoms with Gasteiger partial charge >= 0.3 is 5.97 Å². The van der Waals surface area contributed by atoms with Gasteiger partial charge in [0.1, 0.15) is 11.9 Å². The van der Waals surface area contributed by atoms with E-state index in [9.17, 15) is 14.4 Å². The summed E-state index contributed by atoms with van der Waals surface area (Å²) in [6.45, 7) is 6.09. The van der Waals surface area contributed by atoms with Gasteiger partial charge in [0, 0.05) is 30.1 Å². The van der Waals surface area contributed by atoms with Gasteiger partial charge in [0.15, 0.2) is 0 Å². The first kappa shape index (κ1) is 22.1. The minimum Gasteiger partial charge on any atom is -0.464 e. The minimum atomic E-state index is -0.797. The molecule has 1 saturated heterocycles. The molecule has 8 heteroatoms. The molecule has 4 N–H and O–H groups in total. The molecular weight excluding hydrogens is 372 g/mol. The number of amidine groups is 1. The lowest BCUT2D eigenvalue weighted by Crippen LogP contribution is -2.46. The van der Waals surface area contributed by atoms with Gasteiger partial charge in [0.25, 0.3) is 0 Å². The lowest BCUT2D eigenvalue weighted by Gasteiger charge is -2.32. The second kappa shape index (κ2) is 10.4. The van der Waals surface area contributed by atoms with E-state index < -0.39 is 17.9 Å². The van der Waals surface area contributed by atoms with Crippen LogP contribution in [-0.2, 0) is 19.1 Å². The maximum Gasteiger partial charge on any atom is 0.328 e. The predicted molar refractivity (Wildman–Crippen MR) is 111 cm³/mol. The van der Waals surface area contributed by atoms with Gasteiger partial charge in [-0.2, -0.15) is 0 Å². The predicted octanol–water partition coefficient (Wildman–Crippen LogP) is 1.73. The highest BCUT2D eigenvalue weighted by molar-refractivity contribution is 5.99. The van der Waals surface area contributed by atoms with Crippen molar-refractivity contribution in [2.75, 3.05) is 18.1 Å². The van der Waals surface area contributed by atoms with Crippen LogP contribution in [-0.4, -0.2) is 42.8 Å². The quantitative estimate of drug-likeness (QED) is 0.252. The van der Waals surface area contributed by atoms with Crippen molar-refractivity contribution in [3.05, 3.63) is 42.5 Å². The van der Waals surface area contributed by atoms with Crippen LogP contribution in [0.15, 0.2) is 36.9 Å². The Morgan fingerprint density at radius 1 is 1.41 bits per heavy atom. The van der Waals surface area contributed by atoms with E-state index in [-0.39, 0.29) is 37.1 Å². The number of rotatable bonds is 9. The van der Waals surface area contributed by atoms with Crippen LogP contribution in [0.3, 0.4) is 0 Å². The molecule has 0 bridgehead atoms. The first-order valence-electron chi connectivity index (χ1n) is 9.70. The Balaban J connectivity index is 2.02. The zero-order valence-electron chi connectivity index (χ0n) is 16.6. The average Bonchev–Trinajstić information content (AvgIpc) is 2.69. The van der Waals surface area contributed by atoms with Crippen molar-refractivity contribution < 1.29 is 19.1 Å². The van der Waals surface area contributed by atoms with Gasteiger partial charge in [0.05, 0.1) is 6.61 Å². The molecule has 8 nitrogen and oxygen atoms in total. The monoisotopic (exact) mass is 400 g/mol. The average molecular weight is 400 g/mol. The summed E-state index contributed by atoms with van der Waals surface area (Å²) in [5, 5.41) is 10.1. The van der Waals surface area contributed by atoms with Crippen LogP contribution in [0.5, 0.6) is 0 Å². The SMILES string of the molecule is C=CCC(NC(=O)CC1CCCN(c2ccc(C(=N)N)cc2)C1=O)C(=O)OCC.